The Hall–Kier alpha value is -2.65. The maximum Gasteiger partial charge on any atom is 0.255 e. The predicted octanol–water partition coefficient (Wildman–Crippen LogP) is 5.22. The normalized spacial score (nSPS) is 10.4. The van der Waals surface area contributed by atoms with Gasteiger partial charge in [-0.2, -0.15) is 0 Å². The third-order valence-corrected chi connectivity index (χ3v) is 3.99. The Balaban J connectivity index is 1.74. The van der Waals surface area contributed by atoms with Crippen molar-refractivity contribution < 1.29 is 4.79 Å². The number of anilines is 1. The first-order valence-electron chi connectivity index (χ1n) is 7.78. The number of aromatic nitrogens is 1. The molecule has 3 nitrogen and oxygen atoms in total. The first-order chi connectivity index (χ1) is 11.7. The van der Waals surface area contributed by atoms with Gasteiger partial charge in [0.25, 0.3) is 5.91 Å². The average Bonchev–Trinajstić information content (AvgIpc) is 2.62. The zero-order valence-corrected chi connectivity index (χ0v) is 14.0. The number of halogens is 1. The van der Waals surface area contributed by atoms with Gasteiger partial charge in [0.15, 0.2) is 0 Å². The lowest BCUT2D eigenvalue weighted by atomic mass is 10.1. The summed E-state index contributed by atoms with van der Waals surface area (Å²) < 4.78 is 0. The van der Waals surface area contributed by atoms with Gasteiger partial charge < -0.3 is 5.32 Å². The Morgan fingerprint density at radius 1 is 1.08 bits per heavy atom. The molecule has 1 amide bonds. The molecular weight excluding hydrogens is 320 g/mol. The third-order valence-electron chi connectivity index (χ3n) is 3.76. The molecule has 3 rings (SSSR count). The second kappa shape index (κ2) is 7.28. The number of benzene rings is 2. The molecule has 0 aliphatic carbocycles. The highest BCUT2D eigenvalue weighted by atomic mass is 35.5. The molecule has 1 aromatic heterocycles. The van der Waals surface area contributed by atoms with Gasteiger partial charge in [0.05, 0.1) is 5.69 Å². The van der Waals surface area contributed by atoms with Crippen LogP contribution in [0.15, 0.2) is 66.9 Å². The molecule has 120 valence electrons. The molecule has 0 radical (unpaired) electrons. The Bertz CT molecular complexity index is 842. The predicted molar refractivity (Wildman–Crippen MR) is 98.5 cm³/mol. The third kappa shape index (κ3) is 3.81. The molecule has 0 saturated carbocycles. The maximum absolute atomic E-state index is 12.3. The van der Waals surface area contributed by atoms with E-state index in [0.717, 1.165) is 17.7 Å². The van der Waals surface area contributed by atoms with E-state index in [1.807, 2.05) is 24.4 Å². The van der Waals surface area contributed by atoms with Crippen molar-refractivity contribution in [3.05, 3.63) is 83.0 Å². The summed E-state index contributed by atoms with van der Waals surface area (Å²) >= 11 is 5.93. The summed E-state index contributed by atoms with van der Waals surface area (Å²) in [5.74, 6) is -0.168. The molecule has 3 aromatic rings. The summed E-state index contributed by atoms with van der Waals surface area (Å²) in [6, 6.07) is 18.6. The Morgan fingerprint density at radius 2 is 1.88 bits per heavy atom. The molecule has 24 heavy (non-hydrogen) atoms. The minimum absolute atomic E-state index is 0.168. The molecule has 1 N–H and O–H groups in total. The van der Waals surface area contributed by atoms with Gasteiger partial charge in [-0.05, 0) is 48.4 Å². The fourth-order valence-electron chi connectivity index (χ4n) is 2.37. The number of hydrogen-bond acceptors (Lipinski definition) is 2. The summed E-state index contributed by atoms with van der Waals surface area (Å²) in [6.07, 6.45) is 2.85. The first-order valence-corrected chi connectivity index (χ1v) is 8.16. The topological polar surface area (TPSA) is 42.0 Å². The zero-order chi connectivity index (χ0) is 16.9. The van der Waals surface area contributed by atoms with Crippen LogP contribution in [0.5, 0.6) is 0 Å². The number of nitrogens with one attached hydrogen (secondary N) is 1. The second-order valence-corrected chi connectivity index (χ2v) is 5.88. The number of nitrogens with zero attached hydrogens (tertiary/aromatic N) is 1. The van der Waals surface area contributed by atoms with Crippen LogP contribution in [0, 0.1) is 0 Å². The molecular formula is C20H17ClN2O. The van der Waals surface area contributed by atoms with Crippen LogP contribution >= 0.6 is 11.6 Å². The van der Waals surface area contributed by atoms with Crippen LogP contribution < -0.4 is 5.32 Å². The standard InChI is InChI=1S/C20H17ClN2O/c1-2-14-6-11-19(22-13-14)15-7-9-16(10-8-15)20(24)23-18-5-3-4-17(21)12-18/h3-13H,2H2,1H3,(H,23,24). The van der Waals surface area contributed by atoms with Gasteiger partial charge in [-0.1, -0.05) is 42.8 Å². The molecule has 2 aromatic carbocycles. The summed E-state index contributed by atoms with van der Waals surface area (Å²) in [6.45, 7) is 2.10. The number of hydrogen-bond donors (Lipinski definition) is 1. The van der Waals surface area contributed by atoms with Crippen molar-refractivity contribution >= 4 is 23.2 Å². The van der Waals surface area contributed by atoms with Crippen molar-refractivity contribution in [2.45, 2.75) is 13.3 Å². The summed E-state index contributed by atoms with van der Waals surface area (Å²) in [5.41, 5.74) is 4.35. The van der Waals surface area contributed by atoms with E-state index < -0.39 is 0 Å². The van der Waals surface area contributed by atoms with E-state index >= 15 is 0 Å². The Kier molecular flexibility index (Phi) is 4.92. The lowest BCUT2D eigenvalue weighted by Gasteiger charge is -2.07. The van der Waals surface area contributed by atoms with E-state index in [1.54, 1.807) is 36.4 Å². The van der Waals surface area contributed by atoms with Crippen LogP contribution in [0.3, 0.4) is 0 Å². The number of pyridine rings is 1. The number of carbonyl (C=O) groups excluding carboxylic acids is 1. The van der Waals surface area contributed by atoms with Crippen molar-refractivity contribution in [3.63, 3.8) is 0 Å². The smallest absolute Gasteiger partial charge is 0.255 e. The van der Waals surface area contributed by atoms with Crippen LogP contribution in [0.1, 0.15) is 22.8 Å². The highest BCUT2D eigenvalue weighted by Crippen LogP contribution is 2.19. The van der Waals surface area contributed by atoms with Gasteiger partial charge in [-0.3, -0.25) is 9.78 Å². The van der Waals surface area contributed by atoms with Crippen molar-refractivity contribution in [1.29, 1.82) is 0 Å². The zero-order valence-electron chi connectivity index (χ0n) is 13.3. The SMILES string of the molecule is CCc1ccc(-c2ccc(C(=O)Nc3cccc(Cl)c3)cc2)nc1. The van der Waals surface area contributed by atoms with Crippen LogP contribution in [-0.2, 0) is 6.42 Å². The van der Waals surface area contributed by atoms with Crippen LogP contribution in [-0.4, -0.2) is 10.9 Å². The molecule has 1 heterocycles. The van der Waals surface area contributed by atoms with Crippen LogP contribution in [0.4, 0.5) is 5.69 Å². The Morgan fingerprint density at radius 3 is 2.50 bits per heavy atom. The van der Waals surface area contributed by atoms with Crippen LogP contribution in [0.25, 0.3) is 11.3 Å². The summed E-state index contributed by atoms with van der Waals surface area (Å²) in [4.78, 5) is 16.7. The number of amides is 1. The molecule has 0 fully saturated rings. The fourth-order valence-corrected chi connectivity index (χ4v) is 2.56. The number of aryl methyl sites for hydroxylation is 1. The van der Waals surface area contributed by atoms with Gasteiger partial charge >= 0.3 is 0 Å². The molecule has 0 aliphatic rings. The minimum Gasteiger partial charge on any atom is -0.322 e. The monoisotopic (exact) mass is 336 g/mol. The van der Waals surface area contributed by atoms with Crippen molar-refractivity contribution in [2.75, 3.05) is 5.32 Å². The first kappa shape index (κ1) is 16.2. The van der Waals surface area contributed by atoms with Gasteiger partial charge in [0.2, 0.25) is 0 Å². The van der Waals surface area contributed by atoms with Gasteiger partial charge in [-0.25, -0.2) is 0 Å². The minimum atomic E-state index is -0.168. The molecule has 0 bridgehead atoms. The van der Waals surface area contributed by atoms with Crippen molar-refractivity contribution in [2.24, 2.45) is 0 Å². The largest absolute Gasteiger partial charge is 0.322 e. The van der Waals surface area contributed by atoms with E-state index in [0.29, 0.717) is 16.3 Å². The van der Waals surface area contributed by atoms with E-state index in [2.05, 4.69) is 23.3 Å². The van der Waals surface area contributed by atoms with E-state index in [-0.39, 0.29) is 5.91 Å². The van der Waals surface area contributed by atoms with E-state index in [4.69, 9.17) is 11.6 Å². The fraction of sp³-hybridized carbons (Fsp3) is 0.100. The van der Waals surface area contributed by atoms with Gasteiger partial charge in [0, 0.05) is 28.0 Å². The lowest BCUT2D eigenvalue weighted by molar-refractivity contribution is 0.102. The van der Waals surface area contributed by atoms with Gasteiger partial charge in [-0.15, -0.1) is 0 Å². The molecule has 4 heteroatoms. The molecule has 0 unspecified atom stereocenters. The molecule has 0 atom stereocenters. The number of carbonyl (C=O) groups is 1. The molecule has 0 saturated heterocycles. The van der Waals surface area contributed by atoms with Gasteiger partial charge in [0.1, 0.15) is 0 Å². The van der Waals surface area contributed by atoms with Crippen LogP contribution in [0.2, 0.25) is 5.02 Å². The molecule has 0 spiro atoms. The highest BCUT2D eigenvalue weighted by molar-refractivity contribution is 6.30. The quantitative estimate of drug-likeness (QED) is 0.710. The molecule has 0 aliphatic heterocycles. The average molecular weight is 337 g/mol. The maximum atomic E-state index is 12.3. The summed E-state index contributed by atoms with van der Waals surface area (Å²) in [5, 5.41) is 3.42. The Labute approximate surface area is 146 Å². The second-order valence-electron chi connectivity index (χ2n) is 5.45. The highest BCUT2D eigenvalue weighted by Gasteiger charge is 2.07. The van der Waals surface area contributed by atoms with E-state index in [1.165, 1.54) is 5.56 Å². The van der Waals surface area contributed by atoms with E-state index in [9.17, 15) is 4.79 Å². The summed E-state index contributed by atoms with van der Waals surface area (Å²) in [7, 11) is 0. The van der Waals surface area contributed by atoms with Crippen molar-refractivity contribution in [1.82, 2.24) is 4.98 Å². The lowest BCUT2D eigenvalue weighted by Crippen LogP contribution is -2.11. The number of rotatable bonds is 4. The van der Waals surface area contributed by atoms with Crippen molar-refractivity contribution in [3.8, 4) is 11.3 Å².